The average molecular weight is 389 g/mol. The van der Waals surface area contributed by atoms with Crippen LogP contribution in [0.5, 0.6) is 5.75 Å². The molecule has 0 unspecified atom stereocenters. The number of nitrogens with zero attached hydrogens (tertiary/aromatic N) is 2. The Morgan fingerprint density at radius 3 is 2.38 bits per heavy atom. The van der Waals surface area contributed by atoms with E-state index in [1.54, 1.807) is 37.4 Å². The van der Waals surface area contributed by atoms with Gasteiger partial charge in [-0.25, -0.2) is 0 Å². The number of hydrogen-bond donors (Lipinski definition) is 2. The summed E-state index contributed by atoms with van der Waals surface area (Å²) < 4.78 is 5.27. The van der Waals surface area contributed by atoms with Crippen LogP contribution in [0.2, 0.25) is 10.0 Å². The summed E-state index contributed by atoms with van der Waals surface area (Å²) in [5.41, 5.74) is 1.38. The van der Waals surface area contributed by atoms with Crippen molar-refractivity contribution < 1.29 is 9.53 Å². The van der Waals surface area contributed by atoms with Crippen molar-refractivity contribution in [1.82, 2.24) is 10.2 Å². The van der Waals surface area contributed by atoms with E-state index < -0.39 is 5.91 Å². The van der Waals surface area contributed by atoms with Crippen LogP contribution in [0.15, 0.2) is 54.6 Å². The van der Waals surface area contributed by atoms with Crippen molar-refractivity contribution in [3.8, 4) is 5.75 Å². The van der Waals surface area contributed by atoms with Crippen LogP contribution < -0.4 is 15.4 Å². The van der Waals surface area contributed by atoms with Crippen LogP contribution in [0.3, 0.4) is 0 Å². The standard InChI is InChI=1S/C18H14Cl2N4O2/c1-26-16-5-3-2-4-14(16)22-17-7-6-15(23-24-17)18(25)21-13-9-11(19)8-12(20)10-13/h2-10H,1H3,(H,21,25)(H,22,24). The van der Waals surface area contributed by atoms with Crippen molar-refractivity contribution in [2.24, 2.45) is 0 Å². The van der Waals surface area contributed by atoms with Gasteiger partial charge < -0.3 is 15.4 Å². The summed E-state index contributed by atoms with van der Waals surface area (Å²) in [4.78, 5) is 12.3. The smallest absolute Gasteiger partial charge is 0.276 e. The number of carbonyl (C=O) groups excluding carboxylic acids is 1. The second kappa shape index (κ2) is 8.03. The molecule has 1 amide bonds. The van der Waals surface area contributed by atoms with E-state index in [1.807, 2.05) is 24.3 Å². The number of aromatic nitrogens is 2. The third kappa shape index (κ3) is 4.41. The van der Waals surface area contributed by atoms with Gasteiger partial charge in [-0.1, -0.05) is 35.3 Å². The summed E-state index contributed by atoms with van der Waals surface area (Å²) in [6, 6.07) is 15.4. The fourth-order valence-electron chi connectivity index (χ4n) is 2.23. The van der Waals surface area contributed by atoms with Crippen LogP contribution in [0, 0.1) is 0 Å². The fourth-order valence-corrected chi connectivity index (χ4v) is 2.75. The Balaban J connectivity index is 1.71. The molecule has 2 aromatic carbocycles. The normalized spacial score (nSPS) is 10.3. The molecule has 26 heavy (non-hydrogen) atoms. The SMILES string of the molecule is COc1ccccc1Nc1ccc(C(=O)Nc2cc(Cl)cc(Cl)c2)nn1. The van der Waals surface area contributed by atoms with E-state index in [0.29, 0.717) is 27.3 Å². The lowest BCUT2D eigenvalue weighted by Crippen LogP contribution is -2.14. The van der Waals surface area contributed by atoms with E-state index in [4.69, 9.17) is 27.9 Å². The van der Waals surface area contributed by atoms with Crippen LogP contribution in [0.25, 0.3) is 0 Å². The zero-order valence-electron chi connectivity index (χ0n) is 13.7. The minimum Gasteiger partial charge on any atom is -0.495 e. The van der Waals surface area contributed by atoms with E-state index in [1.165, 1.54) is 0 Å². The molecular weight excluding hydrogens is 375 g/mol. The van der Waals surface area contributed by atoms with E-state index >= 15 is 0 Å². The van der Waals surface area contributed by atoms with Crippen molar-refractivity contribution in [3.63, 3.8) is 0 Å². The summed E-state index contributed by atoms with van der Waals surface area (Å²) in [5, 5.41) is 14.6. The number of carbonyl (C=O) groups is 1. The Hall–Kier alpha value is -2.83. The van der Waals surface area contributed by atoms with Crippen molar-refractivity contribution >= 4 is 46.3 Å². The molecule has 2 N–H and O–H groups in total. The Labute approximate surface area is 160 Å². The van der Waals surface area contributed by atoms with E-state index in [-0.39, 0.29) is 5.69 Å². The maximum atomic E-state index is 12.3. The number of rotatable bonds is 5. The van der Waals surface area contributed by atoms with Gasteiger partial charge in [-0.3, -0.25) is 4.79 Å². The first kappa shape index (κ1) is 18.0. The highest BCUT2D eigenvalue weighted by Crippen LogP contribution is 2.26. The number of methoxy groups -OCH3 is 1. The molecule has 0 aliphatic carbocycles. The van der Waals surface area contributed by atoms with Gasteiger partial charge in [0, 0.05) is 15.7 Å². The van der Waals surface area contributed by atoms with Crippen LogP contribution in [-0.2, 0) is 0 Å². The maximum Gasteiger partial charge on any atom is 0.276 e. The molecule has 0 saturated carbocycles. The van der Waals surface area contributed by atoms with Gasteiger partial charge >= 0.3 is 0 Å². The van der Waals surface area contributed by atoms with Gasteiger partial charge in [0.25, 0.3) is 5.91 Å². The van der Waals surface area contributed by atoms with Gasteiger partial charge in [0.15, 0.2) is 11.5 Å². The molecule has 132 valence electrons. The van der Waals surface area contributed by atoms with Gasteiger partial charge in [-0.15, -0.1) is 10.2 Å². The molecule has 0 saturated heterocycles. The number of para-hydroxylation sites is 2. The maximum absolute atomic E-state index is 12.3. The van der Waals surface area contributed by atoms with Crippen molar-refractivity contribution in [1.29, 1.82) is 0 Å². The third-order valence-corrected chi connectivity index (χ3v) is 3.82. The predicted octanol–water partition coefficient (Wildman–Crippen LogP) is 4.79. The van der Waals surface area contributed by atoms with E-state index in [9.17, 15) is 4.79 Å². The minimum atomic E-state index is -0.417. The molecule has 0 aliphatic rings. The summed E-state index contributed by atoms with van der Waals surface area (Å²) in [5.74, 6) is 0.741. The summed E-state index contributed by atoms with van der Waals surface area (Å²) >= 11 is 11.8. The van der Waals surface area contributed by atoms with Gasteiger partial charge in [0.05, 0.1) is 12.8 Å². The highest BCUT2D eigenvalue weighted by molar-refractivity contribution is 6.35. The summed E-state index contributed by atoms with van der Waals surface area (Å²) in [6.07, 6.45) is 0. The molecular formula is C18H14Cl2N4O2. The third-order valence-electron chi connectivity index (χ3n) is 3.39. The molecule has 0 atom stereocenters. The summed E-state index contributed by atoms with van der Waals surface area (Å²) in [6.45, 7) is 0. The first-order valence-corrected chi connectivity index (χ1v) is 8.32. The molecule has 3 aromatic rings. The Morgan fingerprint density at radius 1 is 1.00 bits per heavy atom. The van der Waals surface area contributed by atoms with Gasteiger partial charge in [0.2, 0.25) is 0 Å². The highest BCUT2D eigenvalue weighted by atomic mass is 35.5. The van der Waals surface area contributed by atoms with Gasteiger partial charge in [-0.05, 0) is 42.5 Å². The Kier molecular flexibility index (Phi) is 5.55. The molecule has 3 rings (SSSR count). The quantitative estimate of drug-likeness (QED) is 0.656. The molecule has 0 radical (unpaired) electrons. The second-order valence-electron chi connectivity index (χ2n) is 5.24. The van der Waals surface area contributed by atoms with Crippen molar-refractivity contribution in [3.05, 3.63) is 70.3 Å². The number of hydrogen-bond acceptors (Lipinski definition) is 5. The topological polar surface area (TPSA) is 76.1 Å². The zero-order chi connectivity index (χ0) is 18.5. The largest absolute Gasteiger partial charge is 0.495 e. The number of benzene rings is 2. The highest BCUT2D eigenvalue weighted by Gasteiger charge is 2.10. The monoisotopic (exact) mass is 388 g/mol. The number of anilines is 3. The lowest BCUT2D eigenvalue weighted by molar-refractivity contribution is 0.102. The minimum absolute atomic E-state index is 0.159. The van der Waals surface area contributed by atoms with Gasteiger partial charge in [0.1, 0.15) is 5.75 Å². The van der Waals surface area contributed by atoms with Crippen molar-refractivity contribution in [2.45, 2.75) is 0 Å². The molecule has 0 fully saturated rings. The Morgan fingerprint density at radius 2 is 1.73 bits per heavy atom. The summed E-state index contributed by atoms with van der Waals surface area (Å²) in [7, 11) is 1.59. The first-order chi connectivity index (χ1) is 12.5. The second-order valence-corrected chi connectivity index (χ2v) is 6.11. The van der Waals surface area contributed by atoms with Crippen LogP contribution in [-0.4, -0.2) is 23.2 Å². The number of nitrogens with one attached hydrogen (secondary N) is 2. The molecule has 0 aliphatic heterocycles. The lowest BCUT2D eigenvalue weighted by Gasteiger charge is -2.10. The molecule has 8 heteroatoms. The lowest BCUT2D eigenvalue weighted by atomic mass is 10.3. The molecule has 1 heterocycles. The molecule has 0 bridgehead atoms. The predicted molar refractivity (Wildman–Crippen MR) is 103 cm³/mol. The number of ether oxygens (including phenoxy) is 1. The van der Waals surface area contributed by atoms with Gasteiger partial charge in [-0.2, -0.15) is 0 Å². The molecule has 0 spiro atoms. The molecule has 6 nitrogen and oxygen atoms in total. The van der Waals surface area contributed by atoms with E-state index in [2.05, 4.69) is 20.8 Å². The average Bonchev–Trinajstić information content (AvgIpc) is 2.62. The van der Waals surface area contributed by atoms with Crippen LogP contribution >= 0.6 is 23.2 Å². The molecule has 1 aromatic heterocycles. The van der Waals surface area contributed by atoms with Crippen LogP contribution in [0.1, 0.15) is 10.5 Å². The zero-order valence-corrected chi connectivity index (χ0v) is 15.2. The number of amides is 1. The fraction of sp³-hybridized carbons (Fsp3) is 0.0556. The van der Waals surface area contributed by atoms with E-state index in [0.717, 1.165) is 5.69 Å². The number of halogens is 2. The first-order valence-electron chi connectivity index (χ1n) is 7.56. The van der Waals surface area contributed by atoms with Crippen molar-refractivity contribution in [2.75, 3.05) is 17.7 Å². The Bertz CT molecular complexity index is 912. The van der Waals surface area contributed by atoms with Crippen LogP contribution in [0.4, 0.5) is 17.2 Å².